The van der Waals surface area contributed by atoms with Crippen molar-refractivity contribution in [3.05, 3.63) is 35.7 Å². The molecule has 0 aliphatic carbocycles. The molecule has 0 unspecified atom stereocenters. The Labute approximate surface area is 185 Å². The van der Waals surface area contributed by atoms with Gasteiger partial charge in [-0.25, -0.2) is 21.9 Å². The molecule has 0 fully saturated rings. The van der Waals surface area contributed by atoms with Crippen molar-refractivity contribution in [3.63, 3.8) is 0 Å². The molecule has 2 rings (SSSR count). The number of benzene rings is 1. The number of amides is 1. The number of nitrogens with one attached hydrogen (secondary N) is 2. The summed E-state index contributed by atoms with van der Waals surface area (Å²) >= 11 is 1.54. The molecule has 0 saturated carbocycles. The third-order valence-corrected chi connectivity index (χ3v) is 6.39. The second kappa shape index (κ2) is 11.5. The largest absolute Gasteiger partial charge is 0.356 e. The molecule has 8 nitrogen and oxygen atoms in total. The number of hydrogen-bond acceptors (Lipinski definition) is 6. The van der Waals surface area contributed by atoms with Gasteiger partial charge in [0.05, 0.1) is 4.90 Å². The lowest BCUT2D eigenvalue weighted by atomic mass is 10.2. The normalized spacial score (nSPS) is 11.8. The van der Waals surface area contributed by atoms with Gasteiger partial charge in [-0.1, -0.05) is 25.6 Å². The van der Waals surface area contributed by atoms with Gasteiger partial charge >= 0.3 is 0 Å². The SMILES string of the molecule is CSc1nnc(CCCNC(=O)CCNS(=O)(=O)c2ccc(F)c(F)c2)n1CC(C)C. The molecule has 0 bridgehead atoms. The average Bonchev–Trinajstić information content (AvgIpc) is 3.08. The smallest absolute Gasteiger partial charge is 0.240 e. The van der Waals surface area contributed by atoms with Gasteiger partial charge in [-0.3, -0.25) is 4.79 Å². The molecule has 31 heavy (non-hydrogen) atoms. The molecule has 0 atom stereocenters. The fraction of sp³-hybridized carbons (Fsp3) is 0.526. The van der Waals surface area contributed by atoms with Crippen molar-refractivity contribution in [3.8, 4) is 0 Å². The number of rotatable bonds is 12. The molecule has 2 N–H and O–H groups in total. The summed E-state index contributed by atoms with van der Waals surface area (Å²) in [4.78, 5) is 11.5. The zero-order chi connectivity index (χ0) is 23.0. The molecule has 1 heterocycles. The highest BCUT2D eigenvalue weighted by Crippen LogP contribution is 2.17. The van der Waals surface area contributed by atoms with Gasteiger partial charge in [-0.15, -0.1) is 10.2 Å². The second-order valence-corrected chi connectivity index (χ2v) is 9.82. The van der Waals surface area contributed by atoms with E-state index >= 15 is 0 Å². The Morgan fingerprint density at radius 3 is 2.58 bits per heavy atom. The minimum absolute atomic E-state index is 0.0803. The summed E-state index contributed by atoms with van der Waals surface area (Å²) in [6.07, 6.45) is 3.19. The van der Waals surface area contributed by atoms with Gasteiger partial charge in [0.1, 0.15) is 5.82 Å². The number of aryl methyl sites for hydroxylation is 1. The summed E-state index contributed by atoms with van der Waals surface area (Å²) in [5.74, 6) is -1.39. The van der Waals surface area contributed by atoms with Gasteiger partial charge in [-0.05, 0) is 36.8 Å². The van der Waals surface area contributed by atoms with Gasteiger partial charge in [0, 0.05) is 32.5 Å². The average molecular weight is 476 g/mol. The fourth-order valence-electron chi connectivity index (χ4n) is 2.79. The lowest BCUT2D eigenvalue weighted by Crippen LogP contribution is -2.31. The first kappa shape index (κ1) is 25.2. The van der Waals surface area contributed by atoms with Crippen LogP contribution in [0.15, 0.2) is 28.3 Å². The minimum atomic E-state index is -4.03. The zero-order valence-electron chi connectivity index (χ0n) is 17.7. The van der Waals surface area contributed by atoms with Crippen molar-refractivity contribution >= 4 is 27.7 Å². The van der Waals surface area contributed by atoms with E-state index in [1.807, 2.05) is 6.26 Å². The number of sulfonamides is 1. The molecule has 0 spiro atoms. The molecule has 172 valence electrons. The summed E-state index contributed by atoms with van der Waals surface area (Å²) < 4.78 is 54.6. The van der Waals surface area contributed by atoms with Crippen LogP contribution in [0, 0.1) is 17.6 Å². The van der Waals surface area contributed by atoms with E-state index in [-0.39, 0.29) is 18.9 Å². The van der Waals surface area contributed by atoms with Gasteiger partial charge < -0.3 is 9.88 Å². The second-order valence-electron chi connectivity index (χ2n) is 7.28. The van der Waals surface area contributed by atoms with Crippen molar-refractivity contribution in [1.82, 2.24) is 24.8 Å². The van der Waals surface area contributed by atoms with E-state index in [0.29, 0.717) is 31.4 Å². The van der Waals surface area contributed by atoms with Crippen molar-refractivity contribution in [2.75, 3.05) is 19.3 Å². The molecule has 1 aromatic carbocycles. The summed E-state index contributed by atoms with van der Waals surface area (Å²) in [5, 5.41) is 12.0. The summed E-state index contributed by atoms with van der Waals surface area (Å²) in [6, 6.07) is 2.29. The first-order valence-corrected chi connectivity index (χ1v) is 12.5. The molecule has 0 aliphatic heterocycles. The van der Waals surface area contributed by atoms with Gasteiger partial charge in [-0.2, -0.15) is 0 Å². The van der Waals surface area contributed by atoms with E-state index in [2.05, 4.69) is 38.7 Å². The van der Waals surface area contributed by atoms with Crippen molar-refractivity contribution < 1.29 is 22.0 Å². The van der Waals surface area contributed by atoms with Crippen LogP contribution in [0.4, 0.5) is 8.78 Å². The highest BCUT2D eigenvalue weighted by Gasteiger charge is 2.17. The van der Waals surface area contributed by atoms with Crippen LogP contribution in [0.3, 0.4) is 0 Å². The first-order valence-electron chi connectivity index (χ1n) is 9.81. The van der Waals surface area contributed by atoms with Crippen LogP contribution in [0.1, 0.15) is 32.5 Å². The molecule has 1 aromatic heterocycles. The fourth-order valence-corrected chi connectivity index (χ4v) is 4.36. The predicted molar refractivity (Wildman–Crippen MR) is 114 cm³/mol. The lowest BCUT2D eigenvalue weighted by molar-refractivity contribution is -0.120. The maximum Gasteiger partial charge on any atom is 0.240 e. The third kappa shape index (κ3) is 7.54. The number of halogens is 2. The van der Waals surface area contributed by atoms with Crippen LogP contribution >= 0.6 is 11.8 Å². The van der Waals surface area contributed by atoms with Crippen LogP contribution in [-0.4, -0.2) is 48.4 Å². The Hall–Kier alpha value is -2.05. The predicted octanol–water partition coefficient (Wildman–Crippen LogP) is 2.35. The number of hydrogen-bond donors (Lipinski definition) is 2. The van der Waals surface area contributed by atoms with Crippen LogP contribution in [0.25, 0.3) is 0 Å². The molecule has 12 heteroatoms. The lowest BCUT2D eigenvalue weighted by Gasteiger charge is -2.12. The van der Waals surface area contributed by atoms with E-state index in [0.717, 1.165) is 29.7 Å². The standard InChI is InChI=1S/C19H27F2N5O3S2/c1-13(2)12-26-17(24-25-19(26)30-3)5-4-9-22-18(27)8-10-23-31(28,29)14-6-7-15(20)16(21)11-14/h6-7,11,13,23H,4-5,8-10,12H2,1-3H3,(H,22,27). The van der Waals surface area contributed by atoms with Crippen LogP contribution in [0.2, 0.25) is 0 Å². The van der Waals surface area contributed by atoms with Crippen molar-refractivity contribution in [2.24, 2.45) is 5.92 Å². The van der Waals surface area contributed by atoms with Crippen molar-refractivity contribution in [2.45, 2.75) is 49.7 Å². The Morgan fingerprint density at radius 2 is 1.94 bits per heavy atom. The van der Waals surface area contributed by atoms with Crippen LogP contribution in [-0.2, 0) is 27.8 Å². The van der Waals surface area contributed by atoms with E-state index in [9.17, 15) is 22.0 Å². The highest BCUT2D eigenvalue weighted by molar-refractivity contribution is 7.98. The monoisotopic (exact) mass is 475 g/mol. The molecule has 0 saturated heterocycles. The summed E-state index contributed by atoms with van der Waals surface area (Å²) in [6.45, 7) is 5.32. The molecular formula is C19H27F2N5O3S2. The maximum atomic E-state index is 13.2. The van der Waals surface area contributed by atoms with Gasteiger partial charge in [0.15, 0.2) is 16.8 Å². The van der Waals surface area contributed by atoms with E-state index in [4.69, 9.17) is 0 Å². The maximum absolute atomic E-state index is 13.2. The van der Waals surface area contributed by atoms with E-state index in [1.165, 1.54) is 11.8 Å². The number of carbonyl (C=O) groups is 1. The number of aromatic nitrogens is 3. The van der Waals surface area contributed by atoms with E-state index in [1.54, 1.807) is 0 Å². The molecule has 2 aromatic rings. The zero-order valence-corrected chi connectivity index (χ0v) is 19.3. The third-order valence-electron chi connectivity index (χ3n) is 4.27. The van der Waals surface area contributed by atoms with Crippen LogP contribution < -0.4 is 10.0 Å². The summed E-state index contributed by atoms with van der Waals surface area (Å²) in [5.41, 5.74) is 0. The number of thioether (sulfide) groups is 1. The Balaban J connectivity index is 1.74. The molecule has 1 amide bonds. The quantitative estimate of drug-likeness (QED) is 0.361. The summed E-state index contributed by atoms with van der Waals surface area (Å²) in [7, 11) is -4.03. The number of carbonyl (C=O) groups excluding carboxylic acids is 1. The molecule has 0 radical (unpaired) electrons. The Bertz CT molecular complexity index is 996. The van der Waals surface area contributed by atoms with Gasteiger partial charge in [0.2, 0.25) is 15.9 Å². The Morgan fingerprint density at radius 1 is 1.19 bits per heavy atom. The van der Waals surface area contributed by atoms with Gasteiger partial charge in [0.25, 0.3) is 0 Å². The minimum Gasteiger partial charge on any atom is -0.356 e. The van der Waals surface area contributed by atoms with Crippen molar-refractivity contribution in [1.29, 1.82) is 0 Å². The molecular weight excluding hydrogens is 448 g/mol. The number of nitrogens with zero attached hydrogens (tertiary/aromatic N) is 3. The highest BCUT2D eigenvalue weighted by atomic mass is 32.2. The molecule has 0 aliphatic rings. The first-order chi connectivity index (χ1) is 14.6. The topological polar surface area (TPSA) is 106 Å². The Kier molecular flexibility index (Phi) is 9.38. The van der Waals surface area contributed by atoms with Crippen LogP contribution in [0.5, 0.6) is 0 Å². The van der Waals surface area contributed by atoms with E-state index < -0.39 is 26.6 Å².